The zero-order valence-corrected chi connectivity index (χ0v) is 13.2. The first-order valence-corrected chi connectivity index (χ1v) is 7.43. The number of benzene rings is 1. The first kappa shape index (κ1) is 16.0. The van der Waals surface area contributed by atoms with Gasteiger partial charge >= 0.3 is 5.97 Å². The Hall–Kier alpha value is -2.36. The third kappa shape index (κ3) is 3.85. The van der Waals surface area contributed by atoms with E-state index in [2.05, 4.69) is 18.0 Å². The summed E-state index contributed by atoms with van der Waals surface area (Å²) in [6, 6.07) is 8.53. The second-order valence-electron chi connectivity index (χ2n) is 5.35. The van der Waals surface area contributed by atoms with Crippen LogP contribution in [0.25, 0.3) is 0 Å². The lowest BCUT2D eigenvalue weighted by Crippen LogP contribution is -2.05. The van der Waals surface area contributed by atoms with Crippen LogP contribution >= 0.6 is 0 Å². The number of pyridine rings is 1. The van der Waals surface area contributed by atoms with Crippen LogP contribution in [0.15, 0.2) is 30.3 Å². The van der Waals surface area contributed by atoms with E-state index in [0.717, 1.165) is 29.8 Å². The van der Waals surface area contributed by atoms with Crippen LogP contribution in [0.3, 0.4) is 0 Å². The monoisotopic (exact) mass is 299 g/mol. The van der Waals surface area contributed by atoms with Crippen LogP contribution < -0.4 is 4.74 Å². The predicted octanol–water partition coefficient (Wildman–Crippen LogP) is 3.93. The largest absolute Gasteiger partial charge is 0.489 e. The maximum Gasteiger partial charge on any atom is 0.335 e. The van der Waals surface area contributed by atoms with E-state index in [4.69, 9.17) is 9.84 Å². The molecule has 0 saturated heterocycles. The van der Waals surface area contributed by atoms with Gasteiger partial charge in [0, 0.05) is 11.4 Å². The van der Waals surface area contributed by atoms with Crippen molar-refractivity contribution in [2.24, 2.45) is 0 Å². The molecule has 2 aromatic rings. The van der Waals surface area contributed by atoms with Crippen molar-refractivity contribution in [2.75, 3.05) is 0 Å². The molecule has 0 amide bonds. The van der Waals surface area contributed by atoms with Crippen LogP contribution in [0.1, 0.15) is 46.2 Å². The standard InChI is InChI=1S/C18H21NO3/c1-4-5-17-13(3)19-12(2)10-15(17)11-22-16-8-6-14(7-9-16)18(20)21/h6-10H,4-5,11H2,1-3H3,(H,20,21). The average Bonchev–Trinajstić information content (AvgIpc) is 2.48. The molecule has 0 aliphatic heterocycles. The summed E-state index contributed by atoms with van der Waals surface area (Å²) in [4.78, 5) is 15.4. The molecule has 0 atom stereocenters. The third-order valence-electron chi connectivity index (χ3n) is 3.55. The van der Waals surface area contributed by atoms with E-state index in [1.54, 1.807) is 24.3 Å². The zero-order valence-electron chi connectivity index (χ0n) is 13.2. The van der Waals surface area contributed by atoms with Crippen molar-refractivity contribution in [2.45, 2.75) is 40.2 Å². The fourth-order valence-corrected chi connectivity index (χ4v) is 2.51. The Morgan fingerprint density at radius 1 is 1.23 bits per heavy atom. The minimum Gasteiger partial charge on any atom is -0.489 e. The number of hydrogen-bond acceptors (Lipinski definition) is 3. The fraction of sp³-hybridized carbons (Fsp3) is 0.333. The van der Waals surface area contributed by atoms with Crippen LogP contribution in [0.2, 0.25) is 0 Å². The molecule has 0 radical (unpaired) electrons. The number of aromatic carboxylic acids is 1. The highest BCUT2D eigenvalue weighted by atomic mass is 16.5. The second kappa shape index (κ2) is 7.07. The highest BCUT2D eigenvalue weighted by Crippen LogP contribution is 2.20. The molecule has 0 aliphatic rings. The summed E-state index contributed by atoms with van der Waals surface area (Å²) in [6.45, 7) is 6.62. The molecule has 0 saturated carbocycles. The topological polar surface area (TPSA) is 59.4 Å². The van der Waals surface area contributed by atoms with Crippen LogP contribution in [0.5, 0.6) is 5.75 Å². The lowest BCUT2D eigenvalue weighted by molar-refractivity contribution is 0.0697. The molecule has 0 fully saturated rings. The Bertz CT molecular complexity index is 663. The average molecular weight is 299 g/mol. The van der Waals surface area contributed by atoms with Gasteiger partial charge in [-0.1, -0.05) is 13.3 Å². The highest BCUT2D eigenvalue weighted by molar-refractivity contribution is 5.87. The maximum atomic E-state index is 10.8. The van der Waals surface area contributed by atoms with Gasteiger partial charge in [-0.25, -0.2) is 4.79 Å². The first-order valence-electron chi connectivity index (χ1n) is 7.43. The van der Waals surface area contributed by atoms with Gasteiger partial charge in [-0.05, 0) is 61.7 Å². The summed E-state index contributed by atoms with van der Waals surface area (Å²) >= 11 is 0. The van der Waals surface area contributed by atoms with Crippen molar-refractivity contribution >= 4 is 5.97 Å². The number of aromatic nitrogens is 1. The molecule has 0 bridgehead atoms. The molecular weight excluding hydrogens is 278 g/mol. The smallest absolute Gasteiger partial charge is 0.335 e. The van der Waals surface area contributed by atoms with Crippen LogP contribution in [0, 0.1) is 13.8 Å². The summed E-state index contributed by atoms with van der Waals surface area (Å²) in [5.74, 6) is -0.267. The number of rotatable bonds is 6. The number of hydrogen-bond donors (Lipinski definition) is 1. The SMILES string of the molecule is CCCc1c(COc2ccc(C(=O)O)cc2)cc(C)nc1C. The van der Waals surface area contributed by atoms with Gasteiger partial charge in [0.1, 0.15) is 12.4 Å². The van der Waals surface area contributed by atoms with Gasteiger partial charge < -0.3 is 9.84 Å². The van der Waals surface area contributed by atoms with E-state index in [-0.39, 0.29) is 5.56 Å². The molecule has 4 heteroatoms. The van der Waals surface area contributed by atoms with Gasteiger partial charge in [0.15, 0.2) is 0 Å². The molecular formula is C18H21NO3. The highest BCUT2D eigenvalue weighted by Gasteiger charge is 2.09. The molecule has 0 aliphatic carbocycles. The van der Waals surface area contributed by atoms with Gasteiger partial charge in [-0.3, -0.25) is 4.98 Å². The van der Waals surface area contributed by atoms with Crippen molar-refractivity contribution in [1.82, 2.24) is 4.98 Å². The van der Waals surface area contributed by atoms with Crippen molar-refractivity contribution in [3.05, 3.63) is 58.4 Å². The summed E-state index contributed by atoms with van der Waals surface area (Å²) in [5.41, 5.74) is 4.69. The summed E-state index contributed by atoms with van der Waals surface area (Å²) < 4.78 is 5.80. The lowest BCUT2D eigenvalue weighted by Gasteiger charge is -2.14. The molecule has 1 aromatic carbocycles. The molecule has 4 nitrogen and oxygen atoms in total. The molecule has 1 N–H and O–H groups in total. The number of carboxylic acids is 1. The third-order valence-corrected chi connectivity index (χ3v) is 3.55. The Labute approximate surface area is 130 Å². The van der Waals surface area contributed by atoms with E-state index < -0.39 is 5.97 Å². The molecule has 22 heavy (non-hydrogen) atoms. The number of nitrogens with zero attached hydrogens (tertiary/aromatic N) is 1. The number of ether oxygens (including phenoxy) is 1. The molecule has 1 aromatic heterocycles. The van der Waals surface area contributed by atoms with Crippen LogP contribution in [-0.4, -0.2) is 16.1 Å². The molecule has 116 valence electrons. The fourth-order valence-electron chi connectivity index (χ4n) is 2.51. The van der Waals surface area contributed by atoms with Gasteiger partial charge in [-0.15, -0.1) is 0 Å². The summed E-state index contributed by atoms with van der Waals surface area (Å²) in [5, 5.41) is 8.89. The number of carbonyl (C=O) groups is 1. The number of aryl methyl sites for hydroxylation is 2. The molecule has 2 rings (SSSR count). The van der Waals surface area contributed by atoms with E-state index >= 15 is 0 Å². The molecule has 1 heterocycles. The quantitative estimate of drug-likeness (QED) is 0.878. The Kier molecular flexibility index (Phi) is 5.15. The van der Waals surface area contributed by atoms with Crippen molar-refractivity contribution < 1.29 is 14.6 Å². The maximum absolute atomic E-state index is 10.8. The van der Waals surface area contributed by atoms with Gasteiger partial charge in [0.05, 0.1) is 5.56 Å². The van der Waals surface area contributed by atoms with E-state index in [0.29, 0.717) is 12.4 Å². The Morgan fingerprint density at radius 2 is 1.91 bits per heavy atom. The van der Waals surface area contributed by atoms with E-state index in [1.165, 1.54) is 5.56 Å². The predicted molar refractivity (Wildman–Crippen MR) is 85.4 cm³/mol. The molecule has 0 unspecified atom stereocenters. The van der Waals surface area contributed by atoms with Gasteiger partial charge in [-0.2, -0.15) is 0 Å². The summed E-state index contributed by atoms with van der Waals surface area (Å²) in [7, 11) is 0. The van der Waals surface area contributed by atoms with Crippen LogP contribution in [0.4, 0.5) is 0 Å². The lowest BCUT2D eigenvalue weighted by atomic mass is 10.0. The van der Waals surface area contributed by atoms with Gasteiger partial charge in [0.2, 0.25) is 0 Å². The zero-order chi connectivity index (χ0) is 16.1. The Balaban J connectivity index is 2.15. The first-order chi connectivity index (χ1) is 10.5. The second-order valence-corrected chi connectivity index (χ2v) is 5.35. The van der Waals surface area contributed by atoms with Crippen molar-refractivity contribution in [3.63, 3.8) is 0 Å². The summed E-state index contributed by atoms with van der Waals surface area (Å²) in [6.07, 6.45) is 2.04. The number of carboxylic acid groups (broad SMARTS) is 1. The molecule has 0 spiro atoms. The minimum absolute atomic E-state index is 0.259. The van der Waals surface area contributed by atoms with Crippen LogP contribution in [-0.2, 0) is 13.0 Å². The van der Waals surface area contributed by atoms with Gasteiger partial charge in [0.25, 0.3) is 0 Å². The van der Waals surface area contributed by atoms with E-state index in [9.17, 15) is 4.79 Å². The van der Waals surface area contributed by atoms with Crippen molar-refractivity contribution in [3.8, 4) is 5.75 Å². The normalized spacial score (nSPS) is 10.5. The minimum atomic E-state index is -0.933. The van der Waals surface area contributed by atoms with Crippen molar-refractivity contribution in [1.29, 1.82) is 0 Å². The van der Waals surface area contributed by atoms with E-state index in [1.807, 2.05) is 13.8 Å². The Morgan fingerprint density at radius 3 is 2.50 bits per heavy atom.